The van der Waals surface area contributed by atoms with Crippen LogP contribution in [-0.4, -0.2) is 25.7 Å². The first-order valence-electron chi connectivity index (χ1n) is 5.63. The molecule has 0 atom stereocenters. The molecular weight excluding hydrogens is 220 g/mol. The summed E-state index contributed by atoms with van der Waals surface area (Å²) < 4.78 is 10.9. The van der Waals surface area contributed by atoms with Gasteiger partial charge in [-0.15, -0.1) is 0 Å². The van der Waals surface area contributed by atoms with E-state index in [2.05, 4.69) is 5.32 Å². The zero-order valence-electron chi connectivity index (χ0n) is 9.57. The number of hydrogen-bond acceptors (Lipinski definition) is 4. The van der Waals surface area contributed by atoms with E-state index in [1.54, 1.807) is 0 Å². The molecule has 0 radical (unpaired) electrons. The molecule has 0 saturated heterocycles. The summed E-state index contributed by atoms with van der Waals surface area (Å²) in [5.41, 5.74) is 6.14. The highest BCUT2D eigenvalue weighted by molar-refractivity contribution is 5.73. The second-order valence-electron chi connectivity index (χ2n) is 3.87. The smallest absolute Gasteiger partial charge is 0.218 e. The van der Waals surface area contributed by atoms with Crippen molar-refractivity contribution in [1.82, 2.24) is 5.32 Å². The van der Waals surface area contributed by atoms with Gasteiger partial charge >= 0.3 is 0 Å². The van der Waals surface area contributed by atoms with Gasteiger partial charge in [-0.25, -0.2) is 0 Å². The van der Waals surface area contributed by atoms with E-state index in [1.807, 2.05) is 18.2 Å². The molecule has 92 valence electrons. The van der Waals surface area contributed by atoms with Crippen LogP contribution in [0.2, 0.25) is 0 Å². The minimum atomic E-state index is -0.292. The molecule has 0 unspecified atom stereocenters. The van der Waals surface area contributed by atoms with Gasteiger partial charge in [0.1, 0.15) is 13.2 Å². The molecule has 1 amide bonds. The molecule has 0 bridgehead atoms. The Morgan fingerprint density at radius 2 is 2.06 bits per heavy atom. The van der Waals surface area contributed by atoms with Gasteiger partial charge in [0.15, 0.2) is 11.5 Å². The van der Waals surface area contributed by atoms with E-state index in [4.69, 9.17) is 15.2 Å². The average molecular weight is 236 g/mol. The molecule has 1 aliphatic rings. The first kappa shape index (κ1) is 11.7. The first-order chi connectivity index (χ1) is 8.25. The van der Waals surface area contributed by atoms with E-state index < -0.39 is 0 Å². The van der Waals surface area contributed by atoms with Gasteiger partial charge in [0.2, 0.25) is 5.91 Å². The number of rotatable bonds is 5. The maximum atomic E-state index is 10.5. The van der Waals surface area contributed by atoms with E-state index in [-0.39, 0.29) is 5.91 Å². The number of carbonyl (C=O) groups excluding carboxylic acids is 1. The van der Waals surface area contributed by atoms with Gasteiger partial charge in [-0.2, -0.15) is 0 Å². The molecule has 2 rings (SSSR count). The second-order valence-corrected chi connectivity index (χ2v) is 3.87. The molecule has 0 fully saturated rings. The number of carbonyl (C=O) groups is 1. The minimum absolute atomic E-state index is 0.292. The number of nitrogens with two attached hydrogens (primary N) is 1. The van der Waals surface area contributed by atoms with Gasteiger partial charge in [-0.1, -0.05) is 6.07 Å². The third-order valence-electron chi connectivity index (χ3n) is 2.48. The van der Waals surface area contributed by atoms with E-state index in [0.29, 0.717) is 32.7 Å². The van der Waals surface area contributed by atoms with Crippen molar-refractivity contribution in [3.63, 3.8) is 0 Å². The Morgan fingerprint density at radius 1 is 1.29 bits per heavy atom. The van der Waals surface area contributed by atoms with Gasteiger partial charge in [-0.05, 0) is 17.7 Å². The lowest BCUT2D eigenvalue weighted by Crippen LogP contribution is -2.21. The Balaban J connectivity index is 1.86. The van der Waals surface area contributed by atoms with Gasteiger partial charge < -0.3 is 20.5 Å². The molecule has 1 heterocycles. The van der Waals surface area contributed by atoms with Crippen LogP contribution in [-0.2, 0) is 11.3 Å². The summed E-state index contributed by atoms with van der Waals surface area (Å²) in [5, 5.41) is 3.14. The van der Waals surface area contributed by atoms with Crippen LogP contribution in [0.4, 0.5) is 0 Å². The van der Waals surface area contributed by atoms with Crippen molar-refractivity contribution in [1.29, 1.82) is 0 Å². The molecular formula is C12H16N2O3. The van der Waals surface area contributed by atoms with E-state index >= 15 is 0 Å². The zero-order chi connectivity index (χ0) is 12.1. The van der Waals surface area contributed by atoms with Crippen LogP contribution in [0.1, 0.15) is 12.0 Å². The zero-order valence-corrected chi connectivity index (χ0v) is 9.57. The fourth-order valence-electron chi connectivity index (χ4n) is 1.64. The molecule has 0 aliphatic carbocycles. The summed E-state index contributed by atoms with van der Waals surface area (Å²) in [4.78, 5) is 10.5. The summed E-state index contributed by atoms with van der Waals surface area (Å²) >= 11 is 0. The van der Waals surface area contributed by atoms with Crippen LogP contribution < -0.4 is 20.5 Å². The number of amides is 1. The van der Waals surface area contributed by atoms with E-state index in [1.165, 1.54) is 0 Å². The lowest BCUT2D eigenvalue weighted by Gasteiger charge is -2.18. The summed E-state index contributed by atoms with van der Waals surface area (Å²) in [6.07, 6.45) is 0.352. The lowest BCUT2D eigenvalue weighted by molar-refractivity contribution is -0.117. The highest BCUT2D eigenvalue weighted by Crippen LogP contribution is 2.30. The quantitative estimate of drug-likeness (QED) is 0.727. The van der Waals surface area contributed by atoms with Gasteiger partial charge in [0.05, 0.1) is 0 Å². The normalized spacial score (nSPS) is 13.4. The minimum Gasteiger partial charge on any atom is -0.486 e. The summed E-state index contributed by atoms with van der Waals surface area (Å²) in [6, 6.07) is 5.83. The Bertz CT molecular complexity index is 407. The van der Waals surface area contributed by atoms with Crippen LogP contribution in [0, 0.1) is 0 Å². The van der Waals surface area contributed by atoms with E-state index in [0.717, 1.165) is 17.1 Å². The van der Waals surface area contributed by atoms with Crippen molar-refractivity contribution in [2.45, 2.75) is 13.0 Å². The molecule has 0 spiro atoms. The standard InChI is InChI=1S/C12H16N2O3/c13-12(15)3-4-14-8-9-1-2-10-11(7-9)17-6-5-16-10/h1-2,7,14H,3-6,8H2,(H2,13,15). The third-order valence-corrected chi connectivity index (χ3v) is 2.48. The Morgan fingerprint density at radius 3 is 2.82 bits per heavy atom. The number of primary amides is 1. The van der Waals surface area contributed by atoms with Crippen molar-refractivity contribution in [2.24, 2.45) is 5.73 Å². The van der Waals surface area contributed by atoms with Crippen molar-refractivity contribution in [3.8, 4) is 11.5 Å². The molecule has 0 aromatic heterocycles. The Labute approximate surface area is 99.9 Å². The molecule has 5 heteroatoms. The molecule has 1 aliphatic heterocycles. The van der Waals surface area contributed by atoms with Gasteiger partial charge in [-0.3, -0.25) is 4.79 Å². The SMILES string of the molecule is NC(=O)CCNCc1ccc2c(c1)OCCO2. The maximum Gasteiger partial charge on any atom is 0.218 e. The van der Waals surface area contributed by atoms with Gasteiger partial charge in [0, 0.05) is 19.5 Å². The summed E-state index contributed by atoms with van der Waals surface area (Å²) in [7, 11) is 0. The number of hydrogen-bond donors (Lipinski definition) is 2. The number of benzene rings is 1. The fourth-order valence-corrected chi connectivity index (χ4v) is 1.64. The molecule has 5 nitrogen and oxygen atoms in total. The topological polar surface area (TPSA) is 73.6 Å². The molecule has 3 N–H and O–H groups in total. The third kappa shape index (κ3) is 3.35. The molecule has 0 saturated carbocycles. The maximum absolute atomic E-state index is 10.5. The molecule has 17 heavy (non-hydrogen) atoms. The van der Waals surface area contributed by atoms with Crippen LogP contribution in [0.3, 0.4) is 0 Å². The van der Waals surface area contributed by atoms with E-state index in [9.17, 15) is 4.79 Å². The van der Waals surface area contributed by atoms with Crippen molar-refractivity contribution >= 4 is 5.91 Å². The number of nitrogens with one attached hydrogen (secondary N) is 1. The largest absolute Gasteiger partial charge is 0.486 e. The average Bonchev–Trinajstić information content (AvgIpc) is 2.34. The van der Waals surface area contributed by atoms with Gasteiger partial charge in [0.25, 0.3) is 0 Å². The monoisotopic (exact) mass is 236 g/mol. The van der Waals surface area contributed by atoms with Crippen molar-refractivity contribution in [2.75, 3.05) is 19.8 Å². The Hall–Kier alpha value is -1.75. The highest BCUT2D eigenvalue weighted by Gasteiger charge is 2.11. The summed E-state index contributed by atoms with van der Waals surface area (Å²) in [5.74, 6) is 1.28. The van der Waals surface area contributed by atoms with Crippen molar-refractivity contribution < 1.29 is 14.3 Å². The number of fused-ring (bicyclic) bond motifs is 1. The predicted molar refractivity (Wildman–Crippen MR) is 63.0 cm³/mol. The molecule has 1 aromatic rings. The van der Waals surface area contributed by atoms with Crippen LogP contribution in [0.5, 0.6) is 11.5 Å². The second kappa shape index (κ2) is 5.54. The van der Waals surface area contributed by atoms with Crippen molar-refractivity contribution in [3.05, 3.63) is 23.8 Å². The first-order valence-corrected chi connectivity index (χ1v) is 5.63. The fraction of sp³-hybridized carbons (Fsp3) is 0.417. The highest BCUT2D eigenvalue weighted by atomic mass is 16.6. The predicted octanol–water partition coefficient (Wildman–Crippen LogP) is 0.423. The summed E-state index contributed by atoms with van der Waals surface area (Å²) in [6.45, 7) is 2.46. The van der Waals surface area contributed by atoms with Crippen LogP contribution in [0.15, 0.2) is 18.2 Å². The number of ether oxygens (including phenoxy) is 2. The lowest BCUT2D eigenvalue weighted by atomic mass is 10.2. The molecule has 1 aromatic carbocycles. The van der Waals surface area contributed by atoms with Crippen LogP contribution in [0.25, 0.3) is 0 Å². The Kier molecular flexibility index (Phi) is 3.82. The van der Waals surface area contributed by atoms with Crippen LogP contribution >= 0.6 is 0 Å².